The molecule has 0 aliphatic rings. The number of rotatable bonds is 19. The lowest BCUT2D eigenvalue weighted by Crippen LogP contribution is -2.23. The first kappa shape index (κ1) is 26.6. The molecule has 1 rings (SSSR count). The van der Waals surface area contributed by atoms with Crippen LogP contribution in [0.5, 0.6) is 0 Å². The average molecular weight is 419 g/mol. The Kier molecular flexibility index (Phi) is 16.3. The molecular weight excluding hydrogens is 372 g/mol. The molecule has 0 aliphatic heterocycles. The number of unbranched alkanes of at least 4 members (excludes halogenated alkanes) is 10. The van der Waals surface area contributed by atoms with E-state index in [1.165, 1.54) is 57.8 Å². The minimum atomic E-state index is -0.210. The standard InChI is InChI=1S/C26H46N2O2/c1-2-3-4-5-6-7-8-9-10-11-18-25(29)19-14-15-20-26(30)28-22-24-17-13-12-16-23(24)21-27/h12-13,16-17,25,29H,2-11,14-15,18-22,27H2,1H3,(H,28,30). The van der Waals surface area contributed by atoms with Gasteiger partial charge in [0.1, 0.15) is 0 Å². The molecule has 30 heavy (non-hydrogen) atoms. The van der Waals surface area contributed by atoms with Crippen molar-refractivity contribution in [3.05, 3.63) is 35.4 Å². The Balaban J connectivity index is 1.94. The van der Waals surface area contributed by atoms with E-state index in [4.69, 9.17) is 5.73 Å². The summed E-state index contributed by atoms with van der Waals surface area (Å²) in [6.45, 7) is 3.28. The number of carbonyl (C=O) groups excluding carboxylic acids is 1. The van der Waals surface area contributed by atoms with Gasteiger partial charge >= 0.3 is 0 Å². The lowest BCUT2D eigenvalue weighted by molar-refractivity contribution is -0.121. The largest absolute Gasteiger partial charge is 0.393 e. The zero-order valence-electron chi connectivity index (χ0n) is 19.3. The van der Waals surface area contributed by atoms with E-state index in [0.717, 1.165) is 43.2 Å². The van der Waals surface area contributed by atoms with Crippen LogP contribution in [0, 0.1) is 0 Å². The lowest BCUT2D eigenvalue weighted by Gasteiger charge is -2.11. The van der Waals surface area contributed by atoms with Gasteiger partial charge in [0, 0.05) is 19.5 Å². The van der Waals surface area contributed by atoms with Crippen LogP contribution in [0.15, 0.2) is 24.3 Å². The van der Waals surface area contributed by atoms with Crippen molar-refractivity contribution < 1.29 is 9.90 Å². The van der Waals surface area contributed by atoms with Crippen LogP contribution in [0.4, 0.5) is 0 Å². The Bertz CT molecular complexity index is 548. The predicted octanol–water partition coefficient (Wildman–Crippen LogP) is 5.99. The number of amides is 1. The first-order chi connectivity index (χ1) is 14.7. The van der Waals surface area contributed by atoms with Crippen molar-refractivity contribution in [3.63, 3.8) is 0 Å². The smallest absolute Gasteiger partial charge is 0.220 e. The summed E-state index contributed by atoms with van der Waals surface area (Å²) in [7, 11) is 0. The highest BCUT2D eigenvalue weighted by Crippen LogP contribution is 2.14. The summed E-state index contributed by atoms with van der Waals surface area (Å²) in [5.41, 5.74) is 7.89. The molecule has 1 aromatic carbocycles. The van der Waals surface area contributed by atoms with E-state index in [1.54, 1.807) is 0 Å². The van der Waals surface area contributed by atoms with E-state index in [-0.39, 0.29) is 12.0 Å². The first-order valence-corrected chi connectivity index (χ1v) is 12.4. The molecule has 0 aromatic heterocycles. The fourth-order valence-electron chi connectivity index (χ4n) is 3.89. The van der Waals surface area contributed by atoms with Crippen molar-refractivity contribution in [2.24, 2.45) is 5.73 Å². The third-order valence-electron chi connectivity index (χ3n) is 5.90. The normalized spacial score (nSPS) is 12.1. The molecule has 172 valence electrons. The zero-order chi connectivity index (χ0) is 21.9. The maximum Gasteiger partial charge on any atom is 0.220 e. The monoisotopic (exact) mass is 418 g/mol. The average Bonchev–Trinajstić information content (AvgIpc) is 2.76. The van der Waals surface area contributed by atoms with E-state index in [0.29, 0.717) is 19.5 Å². The van der Waals surface area contributed by atoms with Gasteiger partial charge in [-0.3, -0.25) is 4.79 Å². The Hall–Kier alpha value is -1.39. The number of aliphatic hydroxyl groups excluding tert-OH is 1. The molecule has 0 heterocycles. The fourth-order valence-corrected chi connectivity index (χ4v) is 3.89. The molecule has 0 radical (unpaired) electrons. The SMILES string of the molecule is CCCCCCCCCCCCC(O)CCCCC(=O)NCc1ccccc1CN. The van der Waals surface area contributed by atoms with E-state index in [2.05, 4.69) is 12.2 Å². The maximum absolute atomic E-state index is 12.0. The number of aliphatic hydroxyl groups is 1. The molecule has 1 atom stereocenters. The molecule has 4 nitrogen and oxygen atoms in total. The second kappa shape index (κ2) is 18.4. The van der Waals surface area contributed by atoms with E-state index in [9.17, 15) is 9.90 Å². The van der Waals surface area contributed by atoms with Crippen LogP contribution in [0.25, 0.3) is 0 Å². The fraction of sp³-hybridized carbons (Fsp3) is 0.731. The minimum Gasteiger partial charge on any atom is -0.393 e. The molecule has 0 fully saturated rings. The van der Waals surface area contributed by atoms with Crippen molar-refractivity contribution in [3.8, 4) is 0 Å². The third-order valence-corrected chi connectivity index (χ3v) is 5.90. The van der Waals surface area contributed by atoms with Crippen molar-refractivity contribution >= 4 is 5.91 Å². The van der Waals surface area contributed by atoms with Crippen LogP contribution in [0.1, 0.15) is 114 Å². The highest BCUT2D eigenvalue weighted by molar-refractivity contribution is 5.75. The molecule has 0 spiro atoms. The van der Waals surface area contributed by atoms with E-state index >= 15 is 0 Å². The van der Waals surface area contributed by atoms with Gasteiger partial charge < -0.3 is 16.2 Å². The molecule has 1 aromatic rings. The highest BCUT2D eigenvalue weighted by atomic mass is 16.3. The minimum absolute atomic E-state index is 0.0750. The summed E-state index contributed by atoms with van der Waals surface area (Å²) in [6.07, 6.45) is 17.0. The Morgan fingerprint density at radius 1 is 0.867 bits per heavy atom. The summed E-state index contributed by atoms with van der Waals surface area (Å²) in [5.74, 6) is 0.0750. The number of hydrogen-bond acceptors (Lipinski definition) is 3. The molecule has 0 saturated carbocycles. The Morgan fingerprint density at radius 2 is 1.40 bits per heavy atom. The number of carbonyl (C=O) groups is 1. The molecule has 4 heteroatoms. The quantitative estimate of drug-likeness (QED) is 0.241. The summed E-state index contributed by atoms with van der Waals surface area (Å²) >= 11 is 0. The number of nitrogens with two attached hydrogens (primary N) is 1. The van der Waals surface area contributed by atoms with Crippen molar-refractivity contribution in [1.82, 2.24) is 5.32 Å². The van der Waals surface area contributed by atoms with Gasteiger partial charge in [0.25, 0.3) is 0 Å². The summed E-state index contributed by atoms with van der Waals surface area (Å²) in [6, 6.07) is 7.94. The molecule has 1 amide bonds. The second-order valence-electron chi connectivity index (χ2n) is 8.62. The predicted molar refractivity (Wildman–Crippen MR) is 127 cm³/mol. The van der Waals surface area contributed by atoms with Crippen LogP contribution >= 0.6 is 0 Å². The van der Waals surface area contributed by atoms with Gasteiger partial charge in [0.15, 0.2) is 0 Å². The Morgan fingerprint density at radius 3 is 2.00 bits per heavy atom. The molecule has 0 aliphatic carbocycles. The van der Waals surface area contributed by atoms with E-state index < -0.39 is 0 Å². The number of nitrogens with one attached hydrogen (secondary N) is 1. The molecule has 1 unspecified atom stereocenters. The molecule has 0 bridgehead atoms. The topological polar surface area (TPSA) is 75.3 Å². The first-order valence-electron chi connectivity index (χ1n) is 12.4. The molecule has 4 N–H and O–H groups in total. The van der Waals surface area contributed by atoms with Gasteiger partial charge in [-0.25, -0.2) is 0 Å². The van der Waals surface area contributed by atoms with Crippen LogP contribution in [0.3, 0.4) is 0 Å². The van der Waals surface area contributed by atoms with E-state index in [1.807, 2.05) is 24.3 Å². The highest BCUT2D eigenvalue weighted by Gasteiger charge is 2.07. The maximum atomic E-state index is 12.0. The molecule has 0 saturated heterocycles. The second-order valence-corrected chi connectivity index (χ2v) is 8.62. The number of hydrogen-bond donors (Lipinski definition) is 3. The summed E-state index contributed by atoms with van der Waals surface area (Å²) < 4.78 is 0. The van der Waals surface area contributed by atoms with Crippen LogP contribution < -0.4 is 11.1 Å². The van der Waals surface area contributed by atoms with Gasteiger partial charge in [0.2, 0.25) is 5.91 Å². The van der Waals surface area contributed by atoms with Gasteiger partial charge in [-0.05, 0) is 30.4 Å². The molecular formula is C26H46N2O2. The Labute approximate surface area is 185 Å². The van der Waals surface area contributed by atoms with Gasteiger partial charge in [0.05, 0.1) is 6.10 Å². The third kappa shape index (κ3) is 13.8. The lowest BCUT2D eigenvalue weighted by atomic mass is 10.0. The van der Waals surface area contributed by atoms with Crippen molar-refractivity contribution in [2.45, 2.75) is 122 Å². The summed E-state index contributed by atoms with van der Waals surface area (Å²) in [4.78, 5) is 12.0. The zero-order valence-corrected chi connectivity index (χ0v) is 19.3. The number of benzene rings is 1. The van der Waals surface area contributed by atoms with Crippen LogP contribution in [-0.2, 0) is 17.9 Å². The van der Waals surface area contributed by atoms with Crippen molar-refractivity contribution in [2.75, 3.05) is 0 Å². The summed E-state index contributed by atoms with van der Waals surface area (Å²) in [5, 5.41) is 13.1. The van der Waals surface area contributed by atoms with Gasteiger partial charge in [-0.2, -0.15) is 0 Å². The van der Waals surface area contributed by atoms with Crippen LogP contribution in [-0.4, -0.2) is 17.1 Å². The van der Waals surface area contributed by atoms with Gasteiger partial charge in [-0.1, -0.05) is 102 Å². The van der Waals surface area contributed by atoms with Gasteiger partial charge in [-0.15, -0.1) is 0 Å². The van der Waals surface area contributed by atoms with Crippen LogP contribution in [0.2, 0.25) is 0 Å². The van der Waals surface area contributed by atoms with Crippen molar-refractivity contribution in [1.29, 1.82) is 0 Å².